The van der Waals surface area contributed by atoms with E-state index in [1.54, 1.807) is 0 Å². The van der Waals surface area contributed by atoms with E-state index in [2.05, 4.69) is 18.8 Å². The normalized spacial score (nSPS) is 18.8. The summed E-state index contributed by atoms with van der Waals surface area (Å²) in [6, 6.07) is 15.5. The predicted octanol–water partition coefficient (Wildman–Crippen LogP) is 5.66. The number of rotatable bonds is 5. The summed E-state index contributed by atoms with van der Waals surface area (Å²) in [5.74, 6) is 3.27. The summed E-state index contributed by atoms with van der Waals surface area (Å²) in [6.45, 7) is 10.4. The lowest BCUT2D eigenvalue weighted by molar-refractivity contribution is 0.0623. The monoisotopic (exact) mass is 418 g/mol. The minimum absolute atomic E-state index is 0.0979. The van der Waals surface area contributed by atoms with Gasteiger partial charge in [0.1, 0.15) is 23.8 Å². The molecule has 31 heavy (non-hydrogen) atoms. The van der Waals surface area contributed by atoms with Crippen LogP contribution in [-0.4, -0.2) is 28.9 Å². The number of likely N-dealkylation sites (tertiary alicyclic amines) is 1. The average molecular weight is 419 g/mol. The molecule has 0 radical (unpaired) electrons. The van der Waals surface area contributed by atoms with Gasteiger partial charge < -0.3 is 14.1 Å². The van der Waals surface area contributed by atoms with Gasteiger partial charge in [-0.1, -0.05) is 31.5 Å². The SMILES string of the molecule is Cc1ccc(OCc2nc(-c3ccc(C(=O)N4C[C@H](C)C[C@H](C)C4)cc3)oc2C)cc1. The summed E-state index contributed by atoms with van der Waals surface area (Å²) in [5.41, 5.74) is 3.52. The summed E-state index contributed by atoms with van der Waals surface area (Å²) >= 11 is 0. The number of nitrogens with zero attached hydrogens (tertiary/aromatic N) is 2. The highest BCUT2D eigenvalue weighted by atomic mass is 16.5. The fraction of sp³-hybridized carbons (Fsp3) is 0.385. The highest BCUT2D eigenvalue weighted by Gasteiger charge is 2.26. The van der Waals surface area contributed by atoms with E-state index in [4.69, 9.17) is 9.15 Å². The second kappa shape index (κ2) is 8.96. The molecule has 1 aliphatic heterocycles. The molecule has 1 aliphatic rings. The maximum absolute atomic E-state index is 12.9. The van der Waals surface area contributed by atoms with Gasteiger partial charge in [-0.05, 0) is 68.5 Å². The van der Waals surface area contributed by atoms with Gasteiger partial charge in [-0.15, -0.1) is 0 Å². The smallest absolute Gasteiger partial charge is 0.253 e. The molecule has 0 spiro atoms. The van der Waals surface area contributed by atoms with Crippen molar-refractivity contribution in [3.05, 3.63) is 71.1 Å². The van der Waals surface area contributed by atoms with Crippen LogP contribution in [0.1, 0.15) is 47.6 Å². The fourth-order valence-electron chi connectivity index (χ4n) is 4.24. The number of hydrogen-bond acceptors (Lipinski definition) is 4. The van der Waals surface area contributed by atoms with Crippen LogP contribution in [0.4, 0.5) is 0 Å². The first-order valence-electron chi connectivity index (χ1n) is 10.9. The first-order valence-corrected chi connectivity index (χ1v) is 10.9. The molecule has 0 N–H and O–H groups in total. The molecule has 5 nitrogen and oxygen atoms in total. The number of aryl methyl sites for hydroxylation is 2. The lowest BCUT2D eigenvalue weighted by Crippen LogP contribution is -2.42. The number of oxazole rings is 1. The first kappa shape index (κ1) is 21.2. The van der Waals surface area contributed by atoms with Gasteiger partial charge in [0.2, 0.25) is 5.89 Å². The highest BCUT2D eigenvalue weighted by Crippen LogP contribution is 2.26. The summed E-state index contributed by atoms with van der Waals surface area (Å²) in [4.78, 5) is 19.5. The highest BCUT2D eigenvalue weighted by molar-refractivity contribution is 5.94. The number of carbonyl (C=O) groups excluding carboxylic acids is 1. The molecule has 0 bridgehead atoms. The van der Waals surface area contributed by atoms with Crippen LogP contribution >= 0.6 is 0 Å². The number of ether oxygens (including phenoxy) is 1. The van der Waals surface area contributed by atoms with Crippen LogP contribution in [0.3, 0.4) is 0 Å². The van der Waals surface area contributed by atoms with Crippen molar-refractivity contribution >= 4 is 5.91 Å². The van der Waals surface area contributed by atoms with E-state index in [0.29, 0.717) is 29.9 Å². The third-order valence-corrected chi connectivity index (χ3v) is 5.82. The number of carbonyl (C=O) groups is 1. The van der Waals surface area contributed by atoms with Crippen molar-refractivity contribution in [2.45, 2.75) is 40.7 Å². The Morgan fingerprint density at radius 2 is 1.68 bits per heavy atom. The standard InChI is InChI=1S/C26H30N2O3/c1-17-5-11-23(12-6-17)30-16-24-20(4)31-25(27-24)21-7-9-22(10-8-21)26(29)28-14-18(2)13-19(3)15-28/h5-12,18-19H,13-16H2,1-4H3/t18-,19+. The number of amides is 1. The van der Waals surface area contributed by atoms with Crippen LogP contribution in [0.15, 0.2) is 52.9 Å². The Labute approximate surface area is 184 Å². The minimum atomic E-state index is 0.0979. The third-order valence-electron chi connectivity index (χ3n) is 5.82. The molecule has 0 aliphatic carbocycles. The Kier molecular flexibility index (Phi) is 6.12. The molecule has 2 heterocycles. The van der Waals surface area contributed by atoms with Crippen molar-refractivity contribution < 1.29 is 13.9 Å². The Hall–Kier alpha value is -3.08. The molecule has 3 aromatic rings. The maximum Gasteiger partial charge on any atom is 0.253 e. The van der Waals surface area contributed by atoms with Gasteiger partial charge in [0.15, 0.2) is 0 Å². The number of aromatic nitrogens is 1. The van der Waals surface area contributed by atoms with Crippen LogP contribution in [0.5, 0.6) is 5.75 Å². The summed E-state index contributed by atoms with van der Waals surface area (Å²) in [7, 11) is 0. The van der Waals surface area contributed by atoms with Gasteiger partial charge in [0.25, 0.3) is 5.91 Å². The summed E-state index contributed by atoms with van der Waals surface area (Å²) in [5, 5.41) is 0. The molecule has 162 valence electrons. The molecule has 1 fully saturated rings. The van der Waals surface area contributed by atoms with E-state index >= 15 is 0 Å². The zero-order valence-electron chi connectivity index (χ0n) is 18.7. The van der Waals surface area contributed by atoms with E-state index in [1.165, 1.54) is 12.0 Å². The molecule has 2 aromatic carbocycles. The Balaban J connectivity index is 1.43. The van der Waals surface area contributed by atoms with E-state index in [1.807, 2.05) is 67.3 Å². The third kappa shape index (κ3) is 4.98. The molecular weight excluding hydrogens is 388 g/mol. The van der Waals surface area contributed by atoms with Crippen LogP contribution in [0.25, 0.3) is 11.5 Å². The second-order valence-corrected chi connectivity index (χ2v) is 8.86. The van der Waals surface area contributed by atoms with E-state index < -0.39 is 0 Å². The van der Waals surface area contributed by atoms with E-state index in [-0.39, 0.29) is 5.91 Å². The Bertz CT molecular complexity index is 1030. The fourth-order valence-corrected chi connectivity index (χ4v) is 4.24. The topological polar surface area (TPSA) is 55.6 Å². The van der Waals surface area contributed by atoms with Crippen LogP contribution in [-0.2, 0) is 6.61 Å². The van der Waals surface area contributed by atoms with Crippen molar-refractivity contribution in [3.63, 3.8) is 0 Å². The maximum atomic E-state index is 12.9. The predicted molar refractivity (Wildman–Crippen MR) is 121 cm³/mol. The first-order chi connectivity index (χ1) is 14.9. The number of hydrogen-bond donors (Lipinski definition) is 0. The van der Waals surface area contributed by atoms with Crippen LogP contribution < -0.4 is 4.74 Å². The molecule has 0 unspecified atom stereocenters. The lowest BCUT2D eigenvalue weighted by atomic mass is 9.91. The Morgan fingerprint density at radius 3 is 2.32 bits per heavy atom. The summed E-state index contributed by atoms with van der Waals surface area (Å²) < 4.78 is 11.7. The van der Waals surface area contributed by atoms with Gasteiger partial charge >= 0.3 is 0 Å². The van der Waals surface area contributed by atoms with Crippen molar-refractivity contribution in [3.8, 4) is 17.2 Å². The zero-order valence-corrected chi connectivity index (χ0v) is 18.7. The van der Waals surface area contributed by atoms with Crippen molar-refractivity contribution in [2.75, 3.05) is 13.1 Å². The lowest BCUT2D eigenvalue weighted by Gasteiger charge is -2.35. The minimum Gasteiger partial charge on any atom is -0.487 e. The molecule has 2 atom stereocenters. The molecule has 1 amide bonds. The van der Waals surface area contributed by atoms with Crippen LogP contribution in [0.2, 0.25) is 0 Å². The van der Waals surface area contributed by atoms with Gasteiger partial charge in [-0.2, -0.15) is 0 Å². The summed E-state index contributed by atoms with van der Waals surface area (Å²) in [6.07, 6.45) is 1.18. The molecule has 1 aromatic heterocycles. The average Bonchev–Trinajstić information content (AvgIpc) is 3.13. The van der Waals surface area contributed by atoms with E-state index in [0.717, 1.165) is 35.9 Å². The van der Waals surface area contributed by atoms with Gasteiger partial charge in [-0.3, -0.25) is 4.79 Å². The van der Waals surface area contributed by atoms with Gasteiger partial charge in [0.05, 0.1) is 0 Å². The molecule has 1 saturated heterocycles. The van der Waals surface area contributed by atoms with Crippen molar-refractivity contribution in [1.82, 2.24) is 9.88 Å². The molecule has 0 saturated carbocycles. The zero-order chi connectivity index (χ0) is 22.0. The molecule has 4 rings (SSSR count). The second-order valence-electron chi connectivity index (χ2n) is 8.86. The van der Waals surface area contributed by atoms with Crippen molar-refractivity contribution in [2.24, 2.45) is 11.8 Å². The van der Waals surface area contributed by atoms with Gasteiger partial charge in [-0.25, -0.2) is 4.98 Å². The quantitative estimate of drug-likeness (QED) is 0.537. The van der Waals surface area contributed by atoms with Crippen LogP contribution in [0, 0.1) is 25.7 Å². The van der Waals surface area contributed by atoms with E-state index in [9.17, 15) is 4.79 Å². The number of piperidine rings is 1. The van der Waals surface area contributed by atoms with Gasteiger partial charge in [0, 0.05) is 24.2 Å². The van der Waals surface area contributed by atoms with Crippen molar-refractivity contribution in [1.29, 1.82) is 0 Å². The number of benzene rings is 2. The molecule has 5 heteroatoms. The Morgan fingerprint density at radius 1 is 1.03 bits per heavy atom. The molecular formula is C26H30N2O3. The largest absolute Gasteiger partial charge is 0.487 e.